The number of carboxylic acid groups (broad SMARTS) is 1. The molecule has 3 aromatic heterocycles. The molecule has 1 N–H and O–H groups in total. The summed E-state index contributed by atoms with van der Waals surface area (Å²) in [7, 11) is 1.82. The highest BCUT2D eigenvalue weighted by molar-refractivity contribution is 5.70. The molecule has 0 radical (unpaired) electrons. The van der Waals surface area contributed by atoms with Gasteiger partial charge in [0.15, 0.2) is 0 Å². The summed E-state index contributed by atoms with van der Waals surface area (Å²) in [5.74, 6) is 0.585. The fraction of sp³-hybridized carbons (Fsp3) is 0.385. The zero-order chi connectivity index (χ0) is 25.1. The van der Waals surface area contributed by atoms with Crippen LogP contribution in [-0.4, -0.2) is 47.4 Å². The van der Waals surface area contributed by atoms with Crippen LogP contribution in [0.3, 0.4) is 0 Å². The molecule has 1 unspecified atom stereocenters. The number of aryl methyl sites for hydroxylation is 2. The van der Waals surface area contributed by atoms with Gasteiger partial charge in [-0.25, -0.2) is 4.98 Å². The van der Waals surface area contributed by atoms with E-state index < -0.39 is 5.97 Å². The molecular formula is C26H28N6O4. The summed E-state index contributed by atoms with van der Waals surface area (Å²) in [5, 5.41) is 26.3. The van der Waals surface area contributed by atoms with Crippen molar-refractivity contribution in [2.45, 2.75) is 51.6 Å². The van der Waals surface area contributed by atoms with Crippen molar-refractivity contribution in [3.63, 3.8) is 0 Å². The van der Waals surface area contributed by atoms with Gasteiger partial charge < -0.3 is 14.3 Å². The SMILES string of the molecule is Cc1nc(-c2nnn(C)c2Cc2nnc(Cc3ccccc3)o2)ccc1OC1CCC[C@H](C(=O)O)C1. The van der Waals surface area contributed by atoms with Crippen molar-refractivity contribution < 1.29 is 19.1 Å². The number of benzene rings is 1. The first kappa shape index (κ1) is 23.7. The summed E-state index contributed by atoms with van der Waals surface area (Å²) in [6.07, 6.45) is 3.73. The number of ether oxygens (including phenoxy) is 1. The van der Waals surface area contributed by atoms with E-state index in [2.05, 4.69) is 20.5 Å². The van der Waals surface area contributed by atoms with E-state index in [1.165, 1.54) is 0 Å². The summed E-state index contributed by atoms with van der Waals surface area (Å²) in [6.45, 7) is 1.88. The van der Waals surface area contributed by atoms with Crippen molar-refractivity contribution in [2.75, 3.05) is 0 Å². The van der Waals surface area contributed by atoms with Gasteiger partial charge in [-0.15, -0.1) is 15.3 Å². The maximum absolute atomic E-state index is 11.4. The Balaban J connectivity index is 1.30. The molecule has 3 heterocycles. The Hall–Kier alpha value is -4.08. The predicted molar refractivity (Wildman–Crippen MR) is 129 cm³/mol. The van der Waals surface area contributed by atoms with Gasteiger partial charge in [0.1, 0.15) is 11.4 Å². The molecule has 1 aliphatic rings. The maximum atomic E-state index is 11.4. The lowest BCUT2D eigenvalue weighted by Gasteiger charge is -2.27. The molecule has 0 bridgehead atoms. The second kappa shape index (κ2) is 10.3. The lowest BCUT2D eigenvalue weighted by molar-refractivity contribution is -0.143. The molecule has 0 spiro atoms. The average molecular weight is 489 g/mol. The Kier molecular flexibility index (Phi) is 6.75. The van der Waals surface area contributed by atoms with Crippen LogP contribution in [-0.2, 0) is 24.7 Å². The Morgan fingerprint density at radius 3 is 2.61 bits per heavy atom. The van der Waals surface area contributed by atoms with E-state index in [4.69, 9.17) is 14.1 Å². The predicted octanol–water partition coefficient (Wildman–Crippen LogP) is 3.77. The molecule has 186 valence electrons. The maximum Gasteiger partial charge on any atom is 0.306 e. The Labute approximate surface area is 208 Å². The van der Waals surface area contributed by atoms with Crippen molar-refractivity contribution in [2.24, 2.45) is 13.0 Å². The number of pyridine rings is 1. The van der Waals surface area contributed by atoms with Crippen LogP contribution < -0.4 is 4.74 Å². The molecule has 0 saturated heterocycles. The molecule has 36 heavy (non-hydrogen) atoms. The third-order valence-corrected chi connectivity index (χ3v) is 6.52. The molecule has 0 aliphatic heterocycles. The van der Waals surface area contributed by atoms with E-state index in [0.29, 0.717) is 60.3 Å². The van der Waals surface area contributed by atoms with Crippen molar-refractivity contribution >= 4 is 5.97 Å². The van der Waals surface area contributed by atoms with Gasteiger partial charge in [0.2, 0.25) is 11.8 Å². The molecule has 0 amide bonds. The summed E-state index contributed by atoms with van der Waals surface area (Å²) < 4.78 is 13.7. The minimum absolute atomic E-state index is 0.124. The number of hydrogen-bond acceptors (Lipinski definition) is 8. The Morgan fingerprint density at radius 2 is 1.86 bits per heavy atom. The number of nitrogens with zero attached hydrogens (tertiary/aromatic N) is 6. The highest BCUT2D eigenvalue weighted by atomic mass is 16.5. The summed E-state index contributed by atoms with van der Waals surface area (Å²) >= 11 is 0. The third kappa shape index (κ3) is 5.27. The molecule has 10 nitrogen and oxygen atoms in total. The van der Waals surface area contributed by atoms with Gasteiger partial charge in [-0.2, -0.15) is 0 Å². The van der Waals surface area contributed by atoms with Crippen LogP contribution in [0, 0.1) is 12.8 Å². The van der Waals surface area contributed by atoms with E-state index in [1.807, 2.05) is 56.4 Å². The molecule has 1 saturated carbocycles. The molecular weight excluding hydrogens is 460 g/mol. The number of hydrogen-bond donors (Lipinski definition) is 1. The lowest BCUT2D eigenvalue weighted by atomic mass is 9.87. The minimum atomic E-state index is -0.753. The topological polar surface area (TPSA) is 129 Å². The second-order valence-corrected chi connectivity index (χ2v) is 9.16. The van der Waals surface area contributed by atoms with E-state index in [9.17, 15) is 9.90 Å². The van der Waals surface area contributed by atoms with Crippen molar-refractivity contribution in [1.29, 1.82) is 0 Å². The zero-order valence-electron chi connectivity index (χ0n) is 20.3. The van der Waals surface area contributed by atoms with Gasteiger partial charge in [0.25, 0.3) is 0 Å². The molecule has 10 heteroatoms. The van der Waals surface area contributed by atoms with Crippen LogP contribution in [0.2, 0.25) is 0 Å². The summed E-state index contributed by atoms with van der Waals surface area (Å²) in [4.78, 5) is 16.1. The first-order chi connectivity index (χ1) is 17.5. The van der Waals surface area contributed by atoms with Gasteiger partial charge in [0, 0.05) is 7.05 Å². The fourth-order valence-electron chi connectivity index (χ4n) is 4.58. The minimum Gasteiger partial charge on any atom is -0.489 e. The smallest absolute Gasteiger partial charge is 0.306 e. The Morgan fingerprint density at radius 1 is 1.08 bits per heavy atom. The van der Waals surface area contributed by atoms with Crippen LogP contribution in [0.1, 0.15) is 54.4 Å². The van der Waals surface area contributed by atoms with E-state index in [1.54, 1.807) is 4.68 Å². The van der Waals surface area contributed by atoms with E-state index in [0.717, 1.165) is 24.1 Å². The van der Waals surface area contributed by atoms with Gasteiger partial charge in [-0.1, -0.05) is 35.5 Å². The van der Waals surface area contributed by atoms with Gasteiger partial charge >= 0.3 is 5.97 Å². The number of rotatable bonds is 8. The fourth-order valence-corrected chi connectivity index (χ4v) is 4.58. The highest BCUT2D eigenvalue weighted by Crippen LogP contribution is 2.30. The number of carboxylic acids is 1. The molecule has 1 aromatic carbocycles. The molecule has 2 atom stereocenters. The van der Waals surface area contributed by atoms with E-state index >= 15 is 0 Å². The van der Waals surface area contributed by atoms with Gasteiger partial charge in [0.05, 0.1) is 41.9 Å². The third-order valence-electron chi connectivity index (χ3n) is 6.52. The molecule has 1 aliphatic carbocycles. The first-order valence-corrected chi connectivity index (χ1v) is 12.1. The normalized spacial score (nSPS) is 17.7. The second-order valence-electron chi connectivity index (χ2n) is 9.16. The number of aliphatic carboxylic acids is 1. The Bertz CT molecular complexity index is 1350. The lowest BCUT2D eigenvalue weighted by Crippen LogP contribution is -2.29. The van der Waals surface area contributed by atoms with Crippen LogP contribution in [0.25, 0.3) is 11.4 Å². The highest BCUT2D eigenvalue weighted by Gasteiger charge is 2.28. The quantitative estimate of drug-likeness (QED) is 0.394. The molecule has 5 rings (SSSR count). The van der Waals surface area contributed by atoms with Crippen LogP contribution in [0.4, 0.5) is 0 Å². The van der Waals surface area contributed by atoms with Crippen LogP contribution in [0.15, 0.2) is 46.9 Å². The average Bonchev–Trinajstić information content (AvgIpc) is 3.47. The van der Waals surface area contributed by atoms with Crippen molar-refractivity contribution in [3.8, 4) is 17.1 Å². The zero-order valence-corrected chi connectivity index (χ0v) is 20.3. The van der Waals surface area contributed by atoms with Gasteiger partial charge in [-0.05, 0) is 50.3 Å². The summed E-state index contributed by atoms with van der Waals surface area (Å²) in [5.41, 5.74) is 3.92. The van der Waals surface area contributed by atoms with Crippen LogP contribution >= 0.6 is 0 Å². The van der Waals surface area contributed by atoms with E-state index in [-0.39, 0.29) is 12.0 Å². The first-order valence-electron chi connectivity index (χ1n) is 12.1. The van der Waals surface area contributed by atoms with Crippen LogP contribution in [0.5, 0.6) is 5.75 Å². The standard InChI is InChI=1S/C26H28N6O4/c1-16-22(35-19-10-6-9-18(14-19)26(33)34)12-11-20(27-16)25-21(32(2)31-30-25)15-24-29-28-23(36-24)13-17-7-4-3-5-8-17/h3-5,7-8,11-12,18-19H,6,9-10,13-15H2,1-2H3,(H,33,34)/t18-,19?/m0/s1. The monoisotopic (exact) mass is 488 g/mol. The number of aromatic nitrogens is 6. The largest absolute Gasteiger partial charge is 0.489 e. The van der Waals surface area contributed by atoms with Gasteiger partial charge in [-0.3, -0.25) is 9.48 Å². The molecule has 1 fully saturated rings. The summed E-state index contributed by atoms with van der Waals surface area (Å²) in [6, 6.07) is 13.7. The van der Waals surface area contributed by atoms with Crippen molar-refractivity contribution in [3.05, 3.63) is 71.2 Å². The molecule has 4 aromatic rings. The van der Waals surface area contributed by atoms with Crippen molar-refractivity contribution in [1.82, 2.24) is 30.2 Å². The number of carbonyl (C=O) groups is 1.